The summed E-state index contributed by atoms with van der Waals surface area (Å²) in [5.74, 6) is -1.18. The van der Waals surface area contributed by atoms with Gasteiger partial charge in [-0.05, 0) is 32.9 Å². The number of amides is 1. The van der Waals surface area contributed by atoms with Crippen molar-refractivity contribution in [3.8, 4) is 0 Å². The van der Waals surface area contributed by atoms with E-state index in [2.05, 4.69) is 10.4 Å². The average molecular weight is 370 g/mol. The monoisotopic (exact) mass is 369 g/mol. The van der Waals surface area contributed by atoms with Crippen molar-refractivity contribution in [2.45, 2.75) is 26.9 Å². The van der Waals surface area contributed by atoms with Gasteiger partial charge in [-0.1, -0.05) is 29.3 Å². The summed E-state index contributed by atoms with van der Waals surface area (Å²) < 4.78 is 6.83. The summed E-state index contributed by atoms with van der Waals surface area (Å²) in [5.41, 5.74) is 2.20. The van der Waals surface area contributed by atoms with Crippen LogP contribution in [0.25, 0.3) is 0 Å². The molecule has 0 saturated carbocycles. The van der Waals surface area contributed by atoms with Crippen molar-refractivity contribution in [3.05, 3.63) is 45.2 Å². The zero-order valence-electron chi connectivity index (χ0n) is 13.7. The molecule has 1 atom stereocenters. The van der Waals surface area contributed by atoms with Gasteiger partial charge in [-0.3, -0.25) is 9.48 Å². The number of hydrogen-bond acceptors (Lipinski definition) is 4. The number of halogens is 2. The highest BCUT2D eigenvalue weighted by molar-refractivity contribution is 6.43. The number of esters is 1. The highest BCUT2D eigenvalue weighted by Crippen LogP contribution is 2.26. The van der Waals surface area contributed by atoms with Crippen molar-refractivity contribution in [1.29, 1.82) is 0 Å². The summed E-state index contributed by atoms with van der Waals surface area (Å²) in [7, 11) is 1.78. The van der Waals surface area contributed by atoms with Crippen LogP contribution in [0.15, 0.2) is 18.2 Å². The summed E-state index contributed by atoms with van der Waals surface area (Å²) in [6.07, 6.45) is -1.01. The summed E-state index contributed by atoms with van der Waals surface area (Å²) >= 11 is 11.9. The molecular formula is C16H17Cl2N3O3. The van der Waals surface area contributed by atoms with Gasteiger partial charge in [0, 0.05) is 7.05 Å². The van der Waals surface area contributed by atoms with Gasteiger partial charge < -0.3 is 10.1 Å². The van der Waals surface area contributed by atoms with Crippen LogP contribution in [-0.4, -0.2) is 27.8 Å². The second-order valence-corrected chi connectivity index (χ2v) is 6.09. The fraction of sp³-hybridized carbons (Fsp3) is 0.312. The highest BCUT2D eigenvalue weighted by Gasteiger charge is 2.23. The molecule has 0 saturated heterocycles. The molecule has 0 unspecified atom stereocenters. The minimum absolute atomic E-state index is 0.0933. The normalized spacial score (nSPS) is 11.9. The molecule has 0 aliphatic carbocycles. The molecule has 1 heterocycles. The van der Waals surface area contributed by atoms with Crippen molar-refractivity contribution in [2.75, 3.05) is 5.32 Å². The maximum absolute atomic E-state index is 12.3. The van der Waals surface area contributed by atoms with E-state index in [0.717, 1.165) is 5.69 Å². The van der Waals surface area contributed by atoms with Gasteiger partial charge in [0.2, 0.25) is 0 Å². The van der Waals surface area contributed by atoms with Gasteiger partial charge in [0.05, 0.1) is 32.7 Å². The zero-order chi connectivity index (χ0) is 18.0. The molecule has 0 bridgehead atoms. The van der Waals surface area contributed by atoms with E-state index in [4.69, 9.17) is 27.9 Å². The lowest BCUT2D eigenvalue weighted by atomic mass is 10.2. The summed E-state index contributed by atoms with van der Waals surface area (Å²) in [6.45, 7) is 5.09. The topological polar surface area (TPSA) is 73.2 Å². The first kappa shape index (κ1) is 18.3. The second kappa shape index (κ2) is 7.23. The van der Waals surface area contributed by atoms with Gasteiger partial charge >= 0.3 is 5.97 Å². The van der Waals surface area contributed by atoms with Crippen LogP contribution in [0.4, 0.5) is 5.69 Å². The Morgan fingerprint density at radius 3 is 2.54 bits per heavy atom. The van der Waals surface area contributed by atoms with Crippen LogP contribution in [0.5, 0.6) is 0 Å². The Morgan fingerprint density at radius 2 is 1.96 bits per heavy atom. The molecule has 0 radical (unpaired) electrons. The molecule has 2 aromatic rings. The molecule has 1 aromatic carbocycles. The molecule has 1 aromatic heterocycles. The van der Waals surface area contributed by atoms with Gasteiger partial charge in [0.25, 0.3) is 5.91 Å². The Labute approximate surface area is 149 Å². The Kier molecular flexibility index (Phi) is 5.51. The number of carbonyl (C=O) groups excluding carboxylic acids is 2. The predicted octanol–water partition coefficient (Wildman–Crippen LogP) is 3.53. The maximum atomic E-state index is 12.3. The van der Waals surface area contributed by atoms with Crippen LogP contribution >= 0.6 is 23.2 Å². The van der Waals surface area contributed by atoms with Crippen molar-refractivity contribution < 1.29 is 14.3 Å². The van der Waals surface area contributed by atoms with E-state index >= 15 is 0 Å². The predicted molar refractivity (Wildman–Crippen MR) is 92.7 cm³/mol. The maximum Gasteiger partial charge on any atom is 0.340 e. The van der Waals surface area contributed by atoms with E-state index in [1.165, 1.54) is 13.0 Å². The Hall–Kier alpha value is -2.05. The van der Waals surface area contributed by atoms with E-state index in [1.807, 2.05) is 6.92 Å². The van der Waals surface area contributed by atoms with Gasteiger partial charge in [0.15, 0.2) is 6.10 Å². The minimum Gasteiger partial charge on any atom is -0.449 e. The third kappa shape index (κ3) is 3.71. The Morgan fingerprint density at radius 1 is 1.29 bits per heavy atom. The number of ether oxygens (including phenoxy) is 1. The summed E-state index contributed by atoms with van der Waals surface area (Å²) in [5, 5.41) is 7.27. The zero-order valence-corrected chi connectivity index (χ0v) is 15.2. The van der Waals surface area contributed by atoms with Crippen LogP contribution in [0, 0.1) is 13.8 Å². The number of rotatable bonds is 4. The van der Waals surface area contributed by atoms with Crippen molar-refractivity contribution in [3.63, 3.8) is 0 Å². The van der Waals surface area contributed by atoms with E-state index in [1.54, 1.807) is 30.8 Å². The molecule has 8 heteroatoms. The molecule has 0 spiro atoms. The quantitative estimate of drug-likeness (QED) is 0.836. The minimum atomic E-state index is -1.01. The van der Waals surface area contributed by atoms with Gasteiger partial charge in [-0.25, -0.2) is 4.79 Å². The van der Waals surface area contributed by atoms with Crippen LogP contribution in [0.1, 0.15) is 28.7 Å². The number of benzene rings is 1. The first-order chi connectivity index (χ1) is 11.2. The first-order valence-corrected chi connectivity index (χ1v) is 7.94. The molecule has 24 heavy (non-hydrogen) atoms. The number of aromatic nitrogens is 2. The fourth-order valence-electron chi connectivity index (χ4n) is 2.12. The third-order valence-electron chi connectivity index (χ3n) is 3.58. The van der Waals surface area contributed by atoms with Crippen molar-refractivity contribution in [2.24, 2.45) is 7.05 Å². The Bertz CT molecular complexity index is 802. The standard InChI is InChI=1S/C16H17Cl2N3O3/c1-8-14(9(2)21(4)20-8)19-15(22)10(3)24-16(23)11-6-5-7-12(17)13(11)18/h5-7,10H,1-4H3,(H,19,22)/t10-/m1/s1. The number of hydrogen-bond donors (Lipinski definition) is 1. The lowest BCUT2D eigenvalue weighted by Gasteiger charge is -2.14. The van der Waals surface area contributed by atoms with Crippen LogP contribution in [-0.2, 0) is 16.6 Å². The van der Waals surface area contributed by atoms with Crippen molar-refractivity contribution in [1.82, 2.24) is 9.78 Å². The largest absolute Gasteiger partial charge is 0.449 e. The van der Waals surface area contributed by atoms with Gasteiger partial charge in [-0.2, -0.15) is 5.10 Å². The Balaban J connectivity index is 2.09. The molecule has 1 N–H and O–H groups in total. The van der Waals surface area contributed by atoms with E-state index < -0.39 is 18.0 Å². The number of carbonyl (C=O) groups is 2. The molecular weight excluding hydrogens is 353 g/mol. The molecule has 128 valence electrons. The molecule has 2 rings (SSSR count). The molecule has 6 nitrogen and oxygen atoms in total. The molecule has 0 aliphatic heterocycles. The molecule has 0 aliphatic rings. The number of anilines is 1. The molecule has 1 amide bonds. The van der Waals surface area contributed by atoms with Crippen molar-refractivity contribution >= 4 is 40.8 Å². The fourth-order valence-corrected chi connectivity index (χ4v) is 2.50. The van der Waals surface area contributed by atoms with Crippen LogP contribution in [0.3, 0.4) is 0 Å². The SMILES string of the molecule is Cc1nn(C)c(C)c1NC(=O)[C@@H](C)OC(=O)c1cccc(Cl)c1Cl. The van der Waals surface area contributed by atoms with E-state index in [9.17, 15) is 9.59 Å². The van der Waals surface area contributed by atoms with Crippen LogP contribution < -0.4 is 5.32 Å². The lowest BCUT2D eigenvalue weighted by molar-refractivity contribution is -0.123. The van der Waals surface area contributed by atoms with Crippen LogP contribution in [0.2, 0.25) is 10.0 Å². The van der Waals surface area contributed by atoms with Gasteiger partial charge in [0.1, 0.15) is 0 Å². The number of nitrogens with zero attached hydrogens (tertiary/aromatic N) is 2. The lowest BCUT2D eigenvalue weighted by Crippen LogP contribution is -2.30. The highest BCUT2D eigenvalue weighted by atomic mass is 35.5. The number of nitrogens with one attached hydrogen (secondary N) is 1. The first-order valence-electron chi connectivity index (χ1n) is 7.18. The smallest absolute Gasteiger partial charge is 0.340 e. The van der Waals surface area contributed by atoms with E-state index in [0.29, 0.717) is 11.4 Å². The second-order valence-electron chi connectivity index (χ2n) is 5.31. The average Bonchev–Trinajstić information content (AvgIpc) is 2.76. The third-order valence-corrected chi connectivity index (χ3v) is 4.40. The summed E-state index contributed by atoms with van der Waals surface area (Å²) in [6, 6.07) is 4.62. The number of aryl methyl sites for hydroxylation is 2. The van der Waals surface area contributed by atoms with Gasteiger partial charge in [-0.15, -0.1) is 0 Å². The molecule has 0 fully saturated rings. The van der Waals surface area contributed by atoms with E-state index in [-0.39, 0.29) is 15.6 Å². The summed E-state index contributed by atoms with van der Waals surface area (Å²) in [4.78, 5) is 24.4.